The molecule has 2 nitrogen and oxygen atoms in total. The van der Waals surface area contributed by atoms with Crippen molar-refractivity contribution in [3.8, 4) is 11.1 Å². The number of halogens is 3. The van der Waals surface area contributed by atoms with Crippen molar-refractivity contribution in [2.24, 2.45) is 0 Å². The average Bonchev–Trinajstić information content (AvgIpc) is 3.35. The van der Waals surface area contributed by atoms with E-state index in [-0.39, 0.29) is 5.97 Å². The molecule has 2 aromatic rings. The van der Waals surface area contributed by atoms with Gasteiger partial charge < -0.3 is 4.74 Å². The second-order valence-electron chi connectivity index (χ2n) is 5.73. The second-order valence-corrected chi connectivity index (χ2v) is 5.73. The molecule has 3 rings (SSSR count). The van der Waals surface area contributed by atoms with Crippen molar-refractivity contribution in [3.63, 3.8) is 0 Å². The van der Waals surface area contributed by atoms with Crippen molar-refractivity contribution in [3.05, 3.63) is 59.7 Å². The Morgan fingerprint density at radius 1 is 1.04 bits per heavy atom. The minimum absolute atomic E-state index is 0.260. The predicted molar refractivity (Wildman–Crippen MR) is 79.8 cm³/mol. The van der Waals surface area contributed by atoms with Gasteiger partial charge in [-0.1, -0.05) is 36.4 Å². The molecule has 0 aliphatic heterocycles. The Morgan fingerprint density at radius 3 is 2.22 bits per heavy atom. The predicted octanol–water partition coefficient (Wildman–Crippen LogP) is 4.58. The normalized spacial score (nSPS) is 16.0. The molecular weight excluding hydrogens is 305 g/mol. The molecule has 0 heterocycles. The lowest BCUT2D eigenvalue weighted by molar-refractivity contribution is -0.143. The van der Waals surface area contributed by atoms with E-state index < -0.39 is 17.2 Å². The smallest absolute Gasteiger partial charge is 0.416 e. The van der Waals surface area contributed by atoms with Crippen LogP contribution in [0, 0.1) is 0 Å². The number of alkyl halides is 3. The molecular formula is C18H15F3O2. The Balaban J connectivity index is 1.90. The highest BCUT2D eigenvalue weighted by atomic mass is 19.4. The van der Waals surface area contributed by atoms with Gasteiger partial charge in [-0.2, -0.15) is 13.2 Å². The van der Waals surface area contributed by atoms with Crippen LogP contribution in [0.5, 0.6) is 0 Å². The van der Waals surface area contributed by atoms with Crippen LogP contribution >= 0.6 is 0 Å². The molecule has 1 fully saturated rings. The molecule has 0 amide bonds. The summed E-state index contributed by atoms with van der Waals surface area (Å²) >= 11 is 0. The fourth-order valence-corrected chi connectivity index (χ4v) is 2.79. The van der Waals surface area contributed by atoms with Crippen LogP contribution in [-0.2, 0) is 21.1 Å². The number of ether oxygens (including phenoxy) is 1. The summed E-state index contributed by atoms with van der Waals surface area (Å²) in [7, 11) is 1.36. The summed E-state index contributed by atoms with van der Waals surface area (Å²) in [6.07, 6.45) is -2.88. The van der Waals surface area contributed by atoms with Crippen LogP contribution in [-0.4, -0.2) is 13.1 Å². The van der Waals surface area contributed by atoms with Crippen molar-refractivity contribution in [2.75, 3.05) is 7.11 Å². The fraction of sp³-hybridized carbons (Fsp3) is 0.278. The molecule has 23 heavy (non-hydrogen) atoms. The number of hydrogen-bond acceptors (Lipinski definition) is 2. The molecule has 1 aliphatic rings. The van der Waals surface area contributed by atoms with E-state index in [0.29, 0.717) is 11.1 Å². The van der Waals surface area contributed by atoms with Gasteiger partial charge in [0.25, 0.3) is 0 Å². The summed E-state index contributed by atoms with van der Waals surface area (Å²) in [6, 6.07) is 12.3. The fourth-order valence-electron chi connectivity index (χ4n) is 2.79. The number of methoxy groups -OCH3 is 1. The van der Waals surface area contributed by atoms with Gasteiger partial charge >= 0.3 is 12.1 Å². The highest BCUT2D eigenvalue weighted by Crippen LogP contribution is 2.49. The van der Waals surface area contributed by atoms with Gasteiger partial charge in [-0.15, -0.1) is 0 Å². The first-order valence-corrected chi connectivity index (χ1v) is 7.23. The first-order valence-electron chi connectivity index (χ1n) is 7.23. The third-order valence-corrected chi connectivity index (χ3v) is 4.29. The number of hydrogen-bond donors (Lipinski definition) is 0. The maximum Gasteiger partial charge on any atom is 0.416 e. The Morgan fingerprint density at radius 2 is 1.70 bits per heavy atom. The van der Waals surface area contributed by atoms with E-state index in [4.69, 9.17) is 4.74 Å². The molecule has 1 saturated carbocycles. The average molecular weight is 320 g/mol. The topological polar surface area (TPSA) is 26.3 Å². The van der Waals surface area contributed by atoms with E-state index in [9.17, 15) is 18.0 Å². The van der Waals surface area contributed by atoms with Gasteiger partial charge in [0.15, 0.2) is 0 Å². The Bertz CT molecular complexity index is 729. The van der Waals surface area contributed by atoms with E-state index in [1.807, 2.05) is 0 Å². The zero-order chi connectivity index (χ0) is 16.7. The van der Waals surface area contributed by atoms with E-state index in [1.54, 1.807) is 30.3 Å². The van der Waals surface area contributed by atoms with E-state index in [2.05, 4.69) is 0 Å². The minimum atomic E-state index is -4.36. The van der Waals surface area contributed by atoms with Crippen LogP contribution in [0.2, 0.25) is 0 Å². The largest absolute Gasteiger partial charge is 0.468 e. The van der Waals surface area contributed by atoms with Gasteiger partial charge in [-0.05, 0) is 41.7 Å². The summed E-state index contributed by atoms with van der Waals surface area (Å²) < 4.78 is 43.2. The van der Waals surface area contributed by atoms with Gasteiger partial charge in [-0.25, -0.2) is 0 Å². The summed E-state index contributed by atoms with van der Waals surface area (Å²) in [5.41, 5.74) is 0.781. The minimum Gasteiger partial charge on any atom is -0.468 e. The summed E-state index contributed by atoms with van der Waals surface area (Å²) in [4.78, 5) is 11.9. The lowest BCUT2D eigenvalue weighted by Gasteiger charge is -2.14. The molecule has 0 radical (unpaired) electrons. The van der Waals surface area contributed by atoms with Crippen molar-refractivity contribution in [2.45, 2.75) is 24.4 Å². The first kappa shape index (κ1) is 15.6. The van der Waals surface area contributed by atoms with Crippen LogP contribution in [0.4, 0.5) is 13.2 Å². The molecule has 2 aromatic carbocycles. The van der Waals surface area contributed by atoms with Gasteiger partial charge in [0, 0.05) is 0 Å². The molecule has 0 atom stereocenters. The van der Waals surface area contributed by atoms with E-state index in [0.717, 1.165) is 30.5 Å². The lowest BCUT2D eigenvalue weighted by atomic mass is 9.93. The third-order valence-electron chi connectivity index (χ3n) is 4.29. The molecule has 1 aliphatic carbocycles. The number of carbonyl (C=O) groups excluding carboxylic acids is 1. The monoisotopic (exact) mass is 320 g/mol. The highest BCUT2D eigenvalue weighted by Gasteiger charge is 2.52. The summed E-state index contributed by atoms with van der Waals surface area (Å²) in [6.45, 7) is 0. The van der Waals surface area contributed by atoms with Gasteiger partial charge in [-0.3, -0.25) is 4.79 Å². The molecule has 0 aromatic heterocycles. The molecule has 0 N–H and O–H groups in total. The molecule has 0 unspecified atom stereocenters. The molecule has 5 heteroatoms. The van der Waals surface area contributed by atoms with Gasteiger partial charge in [0.05, 0.1) is 18.1 Å². The van der Waals surface area contributed by atoms with Crippen LogP contribution < -0.4 is 0 Å². The van der Waals surface area contributed by atoms with Crippen molar-refractivity contribution in [1.29, 1.82) is 0 Å². The SMILES string of the molecule is COC(=O)C1(c2ccc(-c3cccc(C(F)(F)F)c3)cc2)CC1. The quantitative estimate of drug-likeness (QED) is 0.774. The maximum atomic E-state index is 12.8. The van der Waals surface area contributed by atoms with E-state index in [1.165, 1.54) is 13.2 Å². The zero-order valence-corrected chi connectivity index (χ0v) is 12.5. The Kier molecular flexibility index (Phi) is 3.66. The van der Waals surface area contributed by atoms with Gasteiger partial charge in [0.1, 0.15) is 0 Å². The molecule has 0 bridgehead atoms. The van der Waals surface area contributed by atoms with Crippen LogP contribution in [0.3, 0.4) is 0 Å². The molecule has 0 spiro atoms. The maximum absolute atomic E-state index is 12.8. The van der Waals surface area contributed by atoms with Crippen molar-refractivity contribution >= 4 is 5.97 Å². The zero-order valence-electron chi connectivity index (χ0n) is 12.5. The van der Waals surface area contributed by atoms with E-state index >= 15 is 0 Å². The number of rotatable bonds is 3. The lowest BCUT2D eigenvalue weighted by Crippen LogP contribution is -2.21. The van der Waals surface area contributed by atoms with Crippen LogP contribution in [0.1, 0.15) is 24.0 Å². The summed E-state index contributed by atoms with van der Waals surface area (Å²) in [5.74, 6) is -0.260. The van der Waals surface area contributed by atoms with Crippen molar-refractivity contribution < 1.29 is 22.7 Å². The standard InChI is InChI=1S/C18H15F3O2/c1-23-16(22)17(9-10-17)14-7-5-12(6-8-14)13-3-2-4-15(11-13)18(19,20)21/h2-8,11H,9-10H2,1H3. The van der Waals surface area contributed by atoms with Gasteiger partial charge in [0.2, 0.25) is 0 Å². The molecule has 0 saturated heterocycles. The molecule has 120 valence electrons. The van der Waals surface area contributed by atoms with Crippen LogP contribution in [0.25, 0.3) is 11.1 Å². The second kappa shape index (κ2) is 5.41. The summed E-state index contributed by atoms with van der Waals surface area (Å²) in [5, 5.41) is 0. The third kappa shape index (κ3) is 2.83. The number of carbonyl (C=O) groups is 1. The van der Waals surface area contributed by atoms with Crippen LogP contribution in [0.15, 0.2) is 48.5 Å². The number of esters is 1. The Hall–Kier alpha value is -2.30. The first-order chi connectivity index (χ1) is 10.9. The number of benzene rings is 2. The Labute approximate surface area is 131 Å². The highest BCUT2D eigenvalue weighted by molar-refractivity contribution is 5.86. The van der Waals surface area contributed by atoms with Crippen molar-refractivity contribution in [1.82, 2.24) is 0 Å².